The predicted octanol–water partition coefficient (Wildman–Crippen LogP) is 2.52. The molecule has 1 aromatic carbocycles. The first-order valence-electron chi connectivity index (χ1n) is 6.31. The van der Waals surface area contributed by atoms with E-state index in [0.29, 0.717) is 10.2 Å². The van der Waals surface area contributed by atoms with Gasteiger partial charge in [0.05, 0.1) is 31.4 Å². The van der Waals surface area contributed by atoms with Gasteiger partial charge in [-0.3, -0.25) is 9.59 Å². The molecule has 0 spiro atoms. The summed E-state index contributed by atoms with van der Waals surface area (Å²) in [6.45, 7) is 1.97. The summed E-state index contributed by atoms with van der Waals surface area (Å²) in [6, 6.07) is 4.82. The number of halogens is 1. The molecule has 0 radical (unpaired) electrons. The number of anilines is 1. The Morgan fingerprint density at radius 3 is 2.57 bits per heavy atom. The quantitative estimate of drug-likeness (QED) is 0.791. The lowest BCUT2D eigenvalue weighted by atomic mass is 10.1. The van der Waals surface area contributed by atoms with Crippen molar-refractivity contribution in [1.29, 1.82) is 0 Å². The maximum Gasteiger partial charge on any atom is 0.340 e. The van der Waals surface area contributed by atoms with Crippen molar-refractivity contribution in [2.45, 2.75) is 19.8 Å². The van der Waals surface area contributed by atoms with Crippen LogP contribution in [0, 0.1) is 0 Å². The third-order valence-electron chi connectivity index (χ3n) is 2.52. The molecule has 0 saturated heterocycles. The monoisotopic (exact) mass is 357 g/mol. The Kier molecular flexibility index (Phi) is 6.87. The zero-order chi connectivity index (χ0) is 15.8. The fourth-order valence-corrected chi connectivity index (χ4v) is 1.93. The largest absolute Gasteiger partial charge is 0.466 e. The summed E-state index contributed by atoms with van der Waals surface area (Å²) in [7, 11) is 1.26. The molecule has 1 N–H and O–H groups in total. The highest BCUT2D eigenvalue weighted by atomic mass is 79.9. The third-order valence-corrected chi connectivity index (χ3v) is 3.02. The minimum absolute atomic E-state index is 0.0102. The second-order valence-electron chi connectivity index (χ2n) is 4.03. The molecule has 0 atom stereocenters. The molecule has 1 amide bonds. The molecule has 6 nitrogen and oxygen atoms in total. The number of amides is 1. The first kappa shape index (κ1) is 17.2. The normalized spacial score (nSPS) is 9.86. The summed E-state index contributed by atoms with van der Waals surface area (Å²) >= 11 is 3.25. The van der Waals surface area contributed by atoms with Crippen LogP contribution in [0.1, 0.15) is 30.1 Å². The Balaban J connectivity index is 2.72. The molecule has 0 unspecified atom stereocenters. The zero-order valence-corrected chi connectivity index (χ0v) is 13.4. The molecule has 0 fully saturated rings. The van der Waals surface area contributed by atoms with Gasteiger partial charge in [0.2, 0.25) is 5.91 Å². The molecule has 1 aromatic rings. The minimum Gasteiger partial charge on any atom is -0.466 e. The number of benzene rings is 1. The standard InChI is InChI=1S/C14H16BrNO5/c1-3-21-13(18)7-6-12(17)16-11-5-4-9(15)8-10(11)14(19)20-2/h4-5,8H,3,6-7H2,1-2H3,(H,16,17). The average molecular weight is 358 g/mol. The molecule has 0 aliphatic heterocycles. The van der Waals surface area contributed by atoms with Gasteiger partial charge >= 0.3 is 11.9 Å². The third kappa shape index (κ3) is 5.55. The lowest BCUT2D eigenvalue weighted by Gasteiger charge is -2.10. The predicted molar refractivity (Wildman–Crippen MR) is 80.0 cm³/mol. The van der Waals surface area contributed by atoms with Gasteiger partial charge in [0.1, 0.15) is 0 Å². The maximum absolute atomic E-state index is 11.8. The lowest BCUT2D eigenvalue weighted by molar-refractivity contribution is -0.144. The molecule has 0 saturated carbocycles. The maximum atomic E-state index is 11.8. The fraction of sp³-hybridized carbons (Fsp3) is 0.357. The first-order valence-corrected chi connectivity index (χ1v) is 7.10. The van der Waals surface area contributed by atoms with Gasteiger partial charge in [-0.25, -0.2) is 4.79 Å². The number of rotatable bonds is 6. The number of hydrogen-bond donors (Lipinski definition) is 1. The molecule has 0 aromatic heterocycles. The van der Waals surface area contributed by atoms with Gasteiger partial charge in [0.15, 0.2) is 0 Å². The molecule has 21 heavy (non-hydrogen) atoms. The molecule has 114 valence electrons. The Morgan fingerprint density at radius 1 is 1.24 bits per heavy atom. The summed E-state index contributed by atoms with van der Waals surface area (Å²) in [4.78, 5) is 34.6. The van der Waals surface area contributed by atoms with Crippen LogP contribution < -0.4 is 5.32 Å². The van der Waals surface area contributed by atoms with E-state index in [1.807, 2.05) is 0 Å². The second kappa shape index (κ2) is 8.41. The highest BCUT2D eigenvalue weighted by molar-refractivity contribution is 9.10. The number of carbonyl (C=O) groups excluding carboxylic acids is 3. The van der Waals surface area contributed by atoms with Gasteiger partial charge in [-0.05, 0) is 25.1 Å². The van der Waals surface area contributed by atoms with Gasteiger partial charge in [-0.15, -0.1) is 0 Å². The van der Waals surface area contributed by atoms with Crippen LogP contribution in [0.2, 0.25) is 0 Å². The van der Waals surface area contributed by atoms with E-state index in [4.69, 9.17) is 4.74 Å². The van der Waals surface area contributed by atoms with E-state index in [1.54, 1.807) is 25.1 Å². The second-order valence-corrected chi connectivity index (χ2v) is 4.95. The van der Waals surface area contributed by atoms with E-state index >= 15 is 0 Å². The number of carbonyl (C=O) groups is 3. The SMILES string of the molecule is CCOC(=O)CCC(=O)Nc1ccc(Br)cc1C(=O)OC. The summed E-state index contributed by atoms with van der Waals surface area (Å²) in [6.07, 6.45) is -0.0285. The van der Waals surface area contributed by atoms with Crippen LogP contribution in [0.4, 0.5) is 5.69 Å². The molecule has 0 bridgehead atoms. The molecule has 0 aliphatic carbocycles. The van der Waals surface area contributed by atoms with Crippen molar-refractivity contribution >= 4 is 39.5 Å². The van der Waals surface area contributed by atoms with Crippen molar-refractivity contribution in [2.75, 3.05) is 19.0 Å². The van der Waals surface area contributed by atoms with E-state index < -0.39 is 11.9 Å². The summed E-state index contributed by atoms with van der Waals surface area (Å²) in [5.41, 5.74) is 0.565. The number of esters is 2. The van der Waals surface area contributed by atoms with Crippen molar-refractivity contribution in [3.8, 4) is 0 Å². The van der Waals surface area contributed by atoms with E-state index in [9.17, 15) is 14.4 Å². The first-order chi connectivity index (χ1) is 9.97. The smallest absolute Gasteiger partial charge is 0.340 e. The highest BCUT2D eigenvalue weighted by Crippen LogP contribution is 2.22. The van der Waals surface area contributed by atoms with Crippen molar-refractivity contribution in [2.24, 2.45) is 0 Å². The number of ether oxygens (including phenoxy) is 2. The Morgan fingerprint density at radius 2 is 1.95 bits per heavy atom. The minimum atomic E-state index is -0.558. The van der Waals surface area contributed by atoms with E-state index in [1.165, 1.54) is 7.11 Å². The van der Waals surface area contributed by atoms with Crippen LogP contribution in [0.25, 0.3) is 0 Å². The van der Waals surface area contributed by atoms with E-state index in [0.717, 1.165) is 0 Å². The van der Waals surface area contributed by atoms with Gasteiger partial charge in [0, 0.05) is 10.9 Å². The fourth-order valence-electron chi connectivity index (χ4n) is 1.57. The zero-order valence-electron chi connectivity index (χ0n) is 11.8. The van der Waals surface area contributed by atoms with Crippen LogP contribution >= 0.6 is 15.9 Å². The van der Waals surface area contributed by atoms with Gasteiger partial charge in [-0.1, -0.05) is 15.9 Å². The topological polar surface area (TPSA) is 81.7 Å². The van der Waals surface area contributed by atoms with Crippen molar-refractivity contribution < 1.29 is 23.9 Å². The van der Waals surface area contributed by atoms with Gasteiger partial charge in [-0.2, -0.15) is 0 Å². The van der Waals surface area contributed by atoms with Crippen molar-refractivity contribution in [3.05, 3.63) is 28.2 Å². The molecule has 1 rings (SSSR count). The van der Waals surface area contributed by atoms with Gasteiger partial charge in [0.25, 0.3) is 0 Å². The lowest BCUT2D eigenvalue weighted by Crippen LogP contribution is -2.17. The Labute approximate surface area is 130 Å². The van der Waals surface area contributed by atoms with Crippen LogP contribution in [-0.2, 0) is 19.1 Å². The van der Waals surface area contributed by atoms with Gasteiger partial charge < -0.3 is 14.8 Å². The Hall–Kier alpha value is -1.89. The summed E-state index contributed by atoms with van der Waals surface area (Å²) in [5.74, 6) is -1.37. The average Bonchev–Trinajstić information content (AvgIpc) is 2.46. The summed E-state index contributed by atoms with van der Waals surface area (Å²) < 4.78 is 10.1. The highest BCUT2D eigenvalue weighted by Gasteiger charge is 2.15. The van der Waals surface area contributed by atoms with Crippen LogP contribution in [-0.4, -0.2) is 31.6 Å². The summed E-state index contributed by atoms with van der Waals surface area (Å²) in [5, 5.41) is 2.58. The van der Waals surface area contributed by atoms with Crippen LogP contribution in [0.3, 0.4) is 0 Å². The molecule has 0 heterocycles. The number of methoxy groups -OCH3 is 1. The molecule has 0 aliphatic rings. The molecule has 7 heteroatoms. The van der Waals surface area contributed by atoms with Crippen molar-refractivity contribution in [3.63, 3.8) is 0 Å². The van der Waals surface area contributed by atoms with Crippen LogP contribution in [0.5, 0.6) is 0 Å². The molecular formula is C14H16BrNO5. The van der Waals surface area contributed by atoms with Crippen LogP contribution in [0.15, 0.2) is 22.7 Å². The number of nitrogens with one attached hydrogen (secondary N) is 1. The van der Waals surface area contributed by atoms with E-state index in [2.05, 4.69) is 26.0 Å². The molecular weight excluding hydrogens is 342 g/mol. The van der Waals surface area contributed by atoms with Crippen molar-refractivity contribution in [1.82, 2.24) is 0 Å². The Bertz CT molecular complexity index is 544. The van der Waals surface area contributed by atoms with E-state index in [-0.39, 0.29) is 30.9 Å². The number of hydrogen-bond acceptors (Lipinski definition) is 5.